The number of carbonyl (C=O) groups excluding carboxylic acids is 1. The van der Waals surface area contributed by atoms with E-state index in [1.165, 1.54) is 0 Å². The lowest BCUT2D eigenvalue weighted by molar-refractivity contribution is -0.711. The van der Waals surface area contributed by atoms with Gasteiger partial charge in [-0.15, -0.1) is 0 Å². The summed E-state index contributed by atoms with van der Waals surface area (Å²) in [6.45, 7) is 0. The van der Waals surface area contributed by atoms with Crippen molar-refractivity contribution in [1.82, 2.24) is 10.3 Å². The number of aromatic nitrogens is 2. The second-order valence-electron chi connectivity index (χ2n) is 4.88. The highest BCUT2D eigenvalue weighted by atomic mass is 32.1. The van der Waals surface area contributed by atoms with Crippen molar-refractivity contribution in [3.63, 3.8) is 0 Å². The summed E-state index contributed by atoms with van der Waals surface area (Å²) in [5, 5.41) is 10.2. The van der Waals surface area contributed by atoms with Gasteiger partial charge in [-0.3, -0.25) is 15.2 Å². The Morgan fingerprint density at radius 1 is 1.23 bits per heavy atom. The molecule has 0 saturated carbocycles. The Balaban J connectivity index is 2.18. The first-order chi connectivity index (χ1) is 10.7. The summed E-state index contributed by atoms with van der Waals surface area (Å²) in [7, 11) is 0. The Labute approximate surface area is 132 Å². The second-order valence-corrected chi connectivity index (χ2v) is 5.29. The zero-order chi connectivity index (χ0) is 15.5. The van der Waals surface area contributed by atoms with E-state index in [9.17, 15) is 4.79 Å². The maximum Gasteiger partial charge on any atom is 0.295 e. The molecular formula is C16H13N4OS+. The molecule has 0 radical (unpaired) electrons. The fourth-order valence-corrected chi connectivity index (χ4v) is 2.94. The van der Waals surface area contributed by atoms with E-state index in [1.807, 2.05) is 47.3 Å². The highest BCUT2D eigenvalue weighted by Gasteiger charge is 2.45. The molecule has 2 atom stereocenters. The minimum Gasteiger partial charge on any atom is -0.310 e. The van der Waals surface area contributed by atoms with Gasteiger partial charge in [0, 0.05) is 24.5 Å². The summed E-state index contributed by atoms with van der Waals surface area (Å²) in [6, 6.07) is 8.74. The van der Waals surface area contributed by atoms with Crippen molar-refractivity contribution in [2.75, 3.05) is 0 Å². The van der Waals surface area contributed by atoms with Crippen molar-refractivity contribution in [3.05, 3.63) is 66.3 Å². The first-order valence-electron chi connectivity index (χ1n) is 6.73. The molecule has 2 aromatic rings. The first kappa shape index (κ1) is 14.3. The number of nitrogens with zero attached hydrogens (tertiary/aromatic N) is 2. The van der Waals surface area contributed by atoms with Gasteiger partial charge >= 0.3 is 0 Å². The van der Waals surface area contributed by atoms with Crippen LogP contribution < -0.4 is 9.88 Å². The molecule has 108 valence electrons. The van der Waals surface area contributed by atoms with Crippen molar-refractivity contribution < 1.29 is 9.36 Å². The average Bonchev–Trinajstić information content (AvgIpc) is 2.56. The Morgan fingerprint density at radius 3 is 2.55 bits per heavy atom. The smallest absolute Gasteiger partial charge is 0.295 e. The number of rotatable bonds is 2. The molecule has 22 heavy (non-hydrogen) atoms. The average molecular weight is 309 g/mol. The topological polar surface area (TPSA) is 69.7 Å². The normalized spacial score (nSPS) is 21.2. The van der Waals surface area contributed by atoms with Crippen LogP contribution in [-0.4, -0.2) is 21.7 Å². The largest absolute Gasteiger partial charge is 0.310 e. The maximum absolute atomic E-state index is 12.5. The molecule has 1 saturated heterocycles. The van der Waals surface area contributed by atoms with E-state index in [4.69, 9.17) is 17.6 Å². The van der Waals surface area contributed by atoms with Crippen LogP contribution in [0.15, 0.2) is 60.7 Å². The molecule has 5 nitrogen and oxygen atoms in total. The third-order valence-electron chi connectivity index (χ3n) is 3.64. The minimum atomic E-state index is -0.525. The van der Waals surface area contributed by atoms with Crippen LogP contribution in [0, 0.1) is 5.41 Å². The van der Waals surface area contributed by atoms with E-state index in [2.05, 4.69) is 16.2 Å². The molecule has 2 N–H and O–H groups in total. The Morgan fingerprint density at radius 2 is 1.91 bits per heavy atom. The number of thiocarbonyl (C=S) groups is 1. The summed E-state index contributed by atoms with van der Waals surface area (Å²) >= 11 is 5.21. The molecule has 3 heterocycles. The van der Waals surface area contributed by atoms with Crippen molar-refractivity contribution in [3.8, 4) is 0 Å². The standard InChI is InChI=1S/C16H12N4OS/c17-10-12-13(11-4-6-18-7-5-11)14(15(21)19-16(12)22)20-8-2-1-3-9-20/h1-9,13-14,17H/p+1. The molecule has 1 aliphatic rings. The maximum atomic E-state index is 12.5. The van der Waals surface area contributed by atoms with E-state index >= 15 is 0 Å². The molecule has 3 rings (SSSR count). The van der Waals surface area contributed by atoms with E-state index in [0.717, 1.165) is 5.56 Å². The number of hydrogen-bond donors (Lipinski definition) is 2. The van der Waals surface area contributed by atoms with Crippen LogP contribution in [0.25, 0.3) is 0 Å². The van der Waals surface area contributed by atoms with Gasteiger partial charge in [-0.2, -0.15) is 4.57 Å². The SMILES string of the molecule is N=C=C1C(=S)NC(=O)C([n+]2ccccc2)C1c1ccncc1. The van der Waals surface area contributed by atoms with Crippen LogP contribution in [0.1, 0.15) is 17.5 Å². The molecule has 0 aliphatic carbocycles. The van der Waals surface area contributed by atoms with Gasteiger partial charge in [0.1, 0.15) is 4.99 Å². The van der Waals surface area contributed by atoms with Gasteiger partial charge < -0.3 is 5.32 Å². The quantitative estimate of drug-likeness (QED) is 0.380. The lowest BCUT2D eigenvalue weighted by atomic mass is 9.82. The predicted molar refractivity (Wildman–Crippen MR) is 84.6 cm³/mol. The van der Waals surface area contributed by atoms with Crippen LogP contribution >= 0.6 is 12.2 Å². The fourth-order valence-electron chi connectivity index (χ4n) is 2.66. The number of hydrogen-bond acceptors (Lipinski definition) is 4. The third-order valence-corrected chi connectivity index (χ3v) is 3.96. The minimum absolute atomic E-state index is 0.193. The summed E-state index contributed by atoms with van der Waals surface area (Å²) < 4.78 is 1.82. The van der Waals surface area contributed by atoms with Gasteiger partial charge in [0.15, 0.2) is 12.4 Å². The molecule has 2 unspecified atom stereocenters. The number of pyridine rings is 2. The number of amides is 1. The van der Waals surface area contributed by atoms with Crippen molar-refractivity contribution >= 4 is 29.0 Å². The van der Waals surface area contributed by atoms with Gasteiger partial charge in [-0.1, -0.05) is 18.3 Å². The molecule has 1 amide bonds. The second kappa shape index (κ2) is 5.97. The molecule has 0 aromatic carbocycles. The summed E-state index contributed by atoms with van der Waals surface area (Å²) in [5.74, 6) is 1.84. The molecule has 1 aliphatic heterocycles. The van der Waals surface area contributed by atoms with E-state index < -0.39 is 6.04 Å². The molecule has 1 fully saturated rings. The monoisotopic (exact) mass is 309 g/mol. The van der Waals surface area contributed by atoms with Gasteiger partial charge in [0.05, 0.1) is 11.5 Å². The first-order valence-corrected chi connectivity index (χ1v) is 7.13. The number of nitrogens with one attached hydrogen (secondary N) is 2. The summed E-state index contributed by atoms with van der Waals surface area (Å²) in [5.41, 5.74) is 1.38. The molecule has 0 bridgehead atoms. The van der Waals surface area contributed by atoms with Crippen molar-refractivity contribution in [2.45, 2.75) is 12.0 Å². The van der Waals surface area contributed by atoms with Crippen molar-refractivity contribution in [1.29, 1.82) is 5.41 Å². The van der Waals surface area contributed by atoms with Gasteiger partial charge in [0.25, 0.3) is 5.91 Å². The predicted octanol–water partition coefficient (Wildman–Crippen LogP) is 1.33. The molecule has 6 heteroatoms. The zero-order valence-electron chi connectivity index (χ0n) is 11.6. The number of carbonyl (C=O) groups is 1. The zero-order valence-corrected chi connectivity index (χ0v) is 12.4. The van der Waals surface area contributed by atoms with Gasteiger partial charge in [-0.05, 0) is 23.6 Å². The molecular weight excluding hydrogens is 296 g/mol. The van der Waals surface area contributed by atoms with Crippen LogP contribution in [0.3, 0.4) is 0 Å². The Bertz CT molecular complexity index is 769. The van der Waals surface area contributed by atoms with Crippen molar-refractivity contribution in [2.24, 2.45) is 0 Å². The third kappa shape index (κ3) is 2.45. The van der Waals surface area contributed by atoms with E-state index in [0.29, 0.717) is 5.57 Å². The summed E-state index contributed by atoms with van der Waals surface area (Å²) in [4.78, 5) is 16.8. The van der Waals surface area contributed by atoms with E-state index in [1.54, 1.807) is 12.4 Å². The van der Waals surface area contributed by atoms with Crippen LogP contribution in [0.5, 0.6) is 0 Å². The lowest BCUT2D eigenvalue weighted by Crippen LogP contribution is -2.56. The fraction of sp³-hybridized carbons (Fsp3) is 0.125. The molecule has 0 spiro atoms. The summed E-state index contributed by atoms with van der Waals surface area (Å²) in [6.07, 6.45) is 6.99. The van der Waals surface area contributed by atoms with E-state index in [-0.39, 0.29) is 16.8 Å². The van der Waals surface area contributed by atoms with Crippen LogP contribution in [0.2, 0.25) is 0 Å². The Kier molecular flexibility index (Phi) is 3.87. The number of piperidine rings is 1. The van der Waals surface area contributed by atoms with Gasteiger partial charge in [0.2, 0.25) is 6.04 Å². The lowest BCUT2D eigenvalue weighted by Gasteiger charge is -2.28. The molecule has 2 aromatic heterocycles. The highest BCUT2D eigenvalue weighted by molar-refractivity contribution is 7.80. The highest BCUT2D eigenvalue weighted by Crippen LogP contribution is 2.34. The van der Waals surface area contributed by atoms with Crippen LogP contribution in [0.4, 0.5) is 0 Å². The Hall–Kier alpha value is -2.69. The van der Waals surface area contributed by atoms with Crippen LogP contribution in [-0.2, 0) is 4.79 Å². The van der Waals surface area contributed by atoms with Gasteiger partial charge in [-0.25, -0.2) is 0 Å².